The highest BCUT2D eigenvalue weighted by atomic mass is 19.1. The second kappa shape index (κ2) is 4.76. The molecule has 19 heavy (non-hydrogen) atoms. The molecule has 1 aliphatic rings. The number of nitro groups is 1. The second-order valence-corrected chi connectivity index (χ2v) is 4.65. The predicted octanol–water partition coefficient (Wildman–Crippen LogP) is 2.54. The minimum absolute atomic E-state index is 0.0472. The average molecular weight is 262 g/mol. The number of carbonyl (C=O) groups excluding carboxylic acids is 1. The van der Waals surface area contributed by atoms with Crippen LogP contribution in [0, 0.1) is 32.7 Å². The van der Waals surface area contributed by atoms with Crippen molar-refractivity contribution in [2.24, 2.45) is 5.41 Å². The number of benzene rings is 1. The van der Waals surface area contributed by atoms with Gasteiger partial charge in [0.15, 0.2) is 5.78 Å². The number of rotatable bonds is 3. The molecule has 1 aliphatic carbocycles. The molecule has 0 heterocycles. The summed E-state index contributed by atoms with van der Waals surface area (Å²) in [7, 11) is 0. The van der Waals surface area contributed by atoms with E-state index in [9.17, 15) is 24.6 Å². The smallest absolute Gasteiger partial charge is 0.298 e. The molecule has 1 unspecified atom stereocenters. The monoisotopic (exact) mass is 262 g/mol. The van der Waals surface area contributed by atoms with Crippen LogP contribution in [0.1, 0.15) is 24.8 Å². The minimum Gasteiger partial charge on any atom is -0.298 e. The zero-order chi connectivity index (χ0) is 14.0. The fraction of sp³-hybridized carbons (Fsp3) is 0.385. The Morgan fingerprint density at radius 3 is 2.79 bits per heavy atom. The Morgan fingerprint density at radius 2 is 2.26 bits per heavy atom. The minimum atomic E-state index is -1.23. The molecule has 0 aromatic heterocycles. The summed E-state index contributed by atoms with van der Waals surface area (Å²) < 4.78 is 13.9. The molecule has 0 radical (unpaired) electrons. The standard InChI is InChI=1S/C13H11FN2O3/c14-12-9(3-1-4-10(12)16(18)19)7-13(8-15)6-2-5-11(13)17/h1,3-4H,2,5-7H2. The summed E-state index contributed by atoms with van der Waals surface area (Å²) in [5.41, 5.74) is -1.81. The third-order valence-electron chi connectivity index (χ3n) is 3.50. The van der Waals surface area contributed by atoms with Crippen LogP contribution in [0.5, 0.6) is 0 Å². The van der Waals surface area contributed by atoms with Gasteiger partial charge in [0.05, 0.1) is 11.0 Å². The molecule has 1 saturated carbocycles. The fourth-order valence-electron chi connectivity index (χ4n) is 2.44. The Labute approximate surface area is 108 Å². The summed E-state index contributed by atoms with van der Waals surface area (Å²) in [6.07, 6.45) is 1.19. The van der Waals surface area contributed by atoms with Gasteiger partial charge in [-0.3, -0.25) is 14.9 Å². The van der Waals surface area contributed by atoms with E-state index in [1.54, 1.807) is 0 Å². The topological polar surface area (TPSA) is 84.0 Å². The number of Topliss-reactive ketones (excluding diaryl/α,β-unsaturated/α-hetero) is 1. The maximum atomic E-state index is 13.9. The van der Waals surface area contributed by atoms with Gasteiger partial charge in [-0.15, -0.1) is 0 Å². The Kier molecular flexibility index (Phi) is 3.30. The van der Waals surface area contributed by atoms with Crippen LogP contribution in [0.4, 0.5) is 10.1 Å². The summed E-state index contributed by atoms with van der Waals surface area (Å²) in [6.45, 7) is 0. The van der Waals surface area contributed by atoms with Crippen LogP contribution >= 0.6 is 0 Å². The van der Waals surface area contributed by atoms with Crippen molar-refractivity contribution >= 4 is 11.5 Å². The zero-order valence-corrected chi connectivity index (χ0v) is 10.1. The van der Waals surface area contributed by atoms with E-state index in [1.165, 1.54) is 12.1 Å². The molecule has 0 spiro atoms. The van der Waals surface area contributed by atoms with Crippen molar-refractivity contribution in [2.45, 2.75) is 25.7 Å². The van der Waals surface area contributed by atoms with Crippen LogP contribution in [0.3, 0.4) is 0 Å². The quantitative estimate of drug-likeness (QED) is 0.619. The molecule has 5 nitrogen and oxygen atoms in total. The Morgan fingerprint density at radius 1 is 1.53 bits per heavy atom. The fourth-order valence-corrected chi connectivity index (χ4v) is 2.44. The molecule has 0 amide bonds. The average Bonchev–Trinajstić information content (AvgIpc) is 2.73. The lowest BCUT2D eigenvalue weighted by Crippen LogP contribution is -2.27. The first-order chi connectivity index (χ1) is 9.00. The molecule has 6 heteroatoms. The van der Waals surface area contributed by atoms with Gasteiger partial charge in [-0.25, -0.2) is 0 Å². The zero-order valence-electron chi connectivity index (χ0n) is 10.1. The Bertz CT molecular complexity index is 594. The molecule has 0 N–H and O–H groups in total. The molecule has 1 fully saturated rings. The number of nitriles is 1. The number of carbonyl (C=O) groups is 1. The molecule has 1 aromatic rings. The van der Waals surface area contributed by atoms with Crippen LogP contribution in [-0.2, 0) is 11.2 Å². The van der Waals surface area contributed by atoms with Crippen molar-refractivity contribution in [1.82, 2.24) is 0 Å². The number of hydrogen-bond donors (Lipinski definition) is 0. The van der Waals surface area contributed by atoms with Gasteiger partial charge in [-0.1, -0.05) is 12.1 Å². The largest absolute Gasteiger partial charge is 0.305 e. The van der Waals surface area contributed by atoms with Gasteiger partial charge < -0.3 is 0 Å². The van der Waals surface area contributed by atoms with Crippen LogP contribution in [0.25, 0.3) is 0 Å². The van der Waals surface area contributed by atoms with Gasteiger partial charge in [0.25, 0.3) is 0 Å². The molecule has 0 saturated heterocycles. The Balaban J connectivity index is 2.39. The lowest BCUT2D eigenvalue weighted by Gasteiger charge is -2.18. The van der Waals surface area contributed by atoms with Crippen molar-refractivity contribution in [1.29, 1.82) is 5.26 Å². The van der Waals surface area contributed by atoms with Gasteiger partial charge in [0, 0.05) is 18.9 Å². The molecular weight excluding hydrogens is 251 g/mol. The molecule has 0 aliphatic heterocycles. The molecule has 98 valence electrons. The van der Waals surface area contributed by atoms with E-state index in [4.69, 9.17) is 0 Å². The molecule has 1 aromatic carbocycles. The van der Waals surface area contributed by atoms with Gasteiger partial charge >= 0.3 is 5.69 Å². The van der Waals surface area contributed by atoms with Gasteiger partial charge in [-0.05, 0) is 18.4 Å². The summed E-state index contributed by atoms with van der Waals surface area (Å²) in [4.78, 5) is 21.6. The van der Waals surface area contributed by atoms with E-state index in [1.807, 2.05) is 6.07 Å². The SMILES string of the molecule is N#CC1(Cc2cccc([N+](=O)[O-])c2F)CCCC1=O. The predicted molar refractivity (Wildman–Crippen MR) is 63.7 cm³/mol. The van der Waals surface area contributed by atoms with Crippen LogP contribution in [-0.4, -0.2) is 10.7 Å². The Hall–Kier alpha value is -2.29. The molecular formula is C13H11FN2O3. The van der Waals surface area contributed by atoms with E-state index in [-0.39, 0.29) is 17.8 Å². The molecule has 0 bridgehead atoms. The van der Waals surface area contributed by atoms with Gasteiger partial charge in [0.1, 0.15) is 5.41 Å². The summed E-state index contributed by atoms with van der Waals surface area (Å²) in [6, 6.07) is 5.77. The highest BCUT2D eigenvalue weighted by Gasteiger charge is 2.43. The normalized spacial score (nSPS) is 22.2. The van der Waals surface area contributed by atoms with Crippen molar-refractivity contribution in [3.05, 3.63) is 39.7 Å². The summed E-state index contributed by atoms with van der Waals surface area (Å²) >= 11 is 0. The second-order valence-electron chi connectivity index (χ2n) is 4.65. The highest BCUT2D eigenvalue weighted by Crippen LogP contribution is 2.38. The summed E-state index contributed by atoms with van der Waals surface area (Å²) in [5.74, 6) is -1.16. The third-order valence-corrected chi connectivity index (χ3v) is 3.50. The number of halogens is 1. The number of ketones is 1. The first-order valence-electron chi connectivity index (χ1n) is 5.86. The van der Waals surface area contributed by atoms with Crippen molar-refractivity contribution < 1.29 is 14.1 Å². The first-order valence-corrected chi connectivity index (χ1v) is 5.86. The maximum absolute atomic E-state index is 13.9. The van der Waals surface area contributed by atoms with Crippen molar-refractivity contribution in [2.75, 3.05) is 0 Å². The van der Waals surface area contributed by atoms with Gasteiger partial charge in [-0.2, -0.15) is 9.65 Å². The van der Waals surface area contributed by atoms with E-state index >= 15 is 0 Å². The summed E-state index contributed by atoms with van der Waals surface area (Å²) in [5, 5.41) is 19.8. The highest BCUT2D eigenvalue weighted by molar-refractivity contribution is 5.89. The van der Waals surface area contributed by atoms with E-state index in [0.717, 1.165) is 6.07 Å². The molecule has 1 atom stereocenters. The van der Waals surface area contributed by atoms with E-state index in [0.29, 0.717) is 19.3 Å². The van der Waals surface area contributed by atoms with Gasteiger partial charge in [0.2, 0.25) is 5.82 Å². The first kappa shape index (κ1) is 13.1. The van der Waals surface area contributed by atoms with Crippen molar-refractivity contribution in [3.8, 4) is 6.07 Å². The van der Waals surface area contributed by atoms with Crippen LogP contribution in [0.15, 0.2) is 18.2 Å². The van der Waals surface area contributed by atoms with Crippen molar-refractivity contribution in [3.63, 3.8) is 0 Å². The van der Waals surface area contributed by atoms with Crippen LogP contribution in [0.2, 0.25) is 0 Å². The lowest BCUT2D eigenvalue weighted by molar-refractivity contribution is -0.387. The molecule has 2 rings (SSSR count). The number of hydrogen-bond acceptors (Lipinski definition) is 4. The third kappa shape index (κ3) is 2.19. The number of nitro benzene ring substituents is 1. The van der Waals surface area contributed by atoms with E-state index in [2.05, 4.69) is 0 Å². The van der Waals surface area contributed by atoms with Crippen LogP contribution < -0.4 is 0 Å². The lowest BCUT2D eigenvalue weighted by atomic mass is 9.80. The number of nitrogens with zero attached hydrogens (tertiary/aromatic N) is 2. The van der Waals surface area contributed by atoms with E-state index < -0.39 is 21.8 Å². The maximum Gasteiger partial charge on any atom is 0.305 e.